The second-order valence-corrected chi connectivity index (χ2v) is 4.78. The highest BCUT2D eigenvalue weighted by Crippen LogP contribution is 2.35. The quantitative estimate of drug-likeness (QED) is 0.555. The predicted octanol–water partition coefficient (Wildman–Crippen LogP) is 4.43. The summed E-state index contributed by atoms with van der Waals surface area (Å²) in [5.74, 6) is 1.79. The van der Waals surface area contributed by atoms with E-state index < -0.39 is 0 Å². The van der Waals surface area contributed by atoms with Crippen molar-refractivity contribution in [3.8, 4) is 5.75 Å². The van der Waals surface area contributed by atoms with E-state index >= 15 is 0 Å². The van der Waals surface area contributed by atoms with Gasteiger partial charge in [0, 0.05) is 11.4 Å². The minimum absolute atomic E-state index is 0.762. The Morgan fingerprint density at radius 1 is 1.29 bits per heavy atom. The number of hydrogen-bond acceptors (Lipinski definition) is 1. The minimum atomic E-state index is 0.762. The van der Waals surface area contributed by atoms with Gasteiger partial charge in [-0.15, -0.1) is 11.6 Å². The van der Waals surface area contributed by atoms with Gasteiger partial charge in [-0.05, 0) is 49.3 Å². The summed E-state index contributed by atoms with van der Waals surface area (Å²) in [6.45, 7) is 0. The zero-order valence-corrected chi connectivity index (χ0v) is 11.1. The molecule has 0 heterocycles. The zero-order valence-electron chi connectivity index (χ0n) is 10.3. The Balaban J connectivity index is 2.19. The lowest BCUT2D eigenvalue weighted by Gasteiger charge is -2.20. The minimum Gasteiger partial charge on any atom is -0.496 e. The summed E-state index contributed by atoms with van der Waals surface area (Å²) in [5, 5.41) is 0. The van der Waals surface area contributed by atoms with Gasteiger partial charge in [0.25, 0.3) is 0 Å². The van der Waals surface area contributed by atoms with E-state index in [2.05, 4.69) is 24.3 Å². The second-order valence-electron chi connectivity index (χ2n) is 4.40. The van der Waals surface area contributed by atoms with E-state index in [1.165, 1.54) is 23.1 Å². The van der Waals surface area contributed by atoms with Crippen molar-refractivity contribution < 1.29 is 4.74 Å². The van der Waals surface area contributed by atoms with Crippen molar-refractivity contribution in [3.63, 3.8) is 0 Å². The van der Waals surface area contributed by atoms with Gasteiger partial charge in [-0.2, -0.15) is 0 Å². The number of rotatable bonds is 5. The summed E-state index contributed by atoms with van der Waals surface area (Å²) < 4.78 is 5.44. The molecule has 0 bridgehead atoms. The fourth-order valence-corrected chi connectivity index (χ4v) is 2.65. The van der Waals surface area contributed by atoms with Crippen LogP contribution in [-0.2, 0) is 6.42 Å². The monoisotopic (exact) mass is 250 g/mol. The van der Waals surface area contributed by atoms with Gasteiger partial charge >= 0.3 is 0 Å². The Morgan fingerprint density at radius 3 is 2.94 bits per heavy atom. The highest BCUT2D eigenvalue weighted by Gasteiger charge is 2.15. The first kappa shape index (κ1) is 12.5. The normalized spacial score (nSPS) is 14.1. The van der Waals surface area contributed by atoms with E-state index in [4.69, 9.17) is 16.3 Å². The van der Waals surface area contributed by atoms with Crippen molar-refractivity contribution >= 4 is 17.2 Å². The molecule has 0 N–H and O–H groups in total. The van der Waals surface area contributed by atoms with Gasteiger partial charge in [0.05, 0.1) is 7.11 Å². The van der Waals surface area contributed by atoms with Crippen molar-refractivity contribution in [1.29, 1.82) is 0 Å². The SMILES string of the molecule is COc1cccc2c1CCC=C2CCCCCl. The maximum absolute atomic E-state index is 5.73. The summed E-state index contributed by atoms with van der Waals surface area (Å²) in [5.41, 5.74) is 4.22. The molecule has 0 aliphatic heterocycles. The van der Waals surface area contributed by atoms with E-state index in [1.54, 1.807) is 7.11 Å². The summed E-state index contributed by atoms with van der Waals surface area (Å²) in [4.78, 5) is 0. The number of unbranched alkanes of at least 4 members (excludes halogenated alkanes) is 1. The molecule has 0 spiro atoms. The molecule has 0 amide bonds. The first-order valence-electron chi connectivity index (χ1n) is 6.28. The summed E-state index contributed by atoms with van der Waals surface area (Å²) in [7, 11) is 1.75. The van der Waals surface area contributed by atoms with Crippen LogP contribution in [0.25, 0.3) is 5.57 Å². The standard InChI is InChI=1S/C15H19ClO/c1-17-15-10-5-8-13-12(6-2-3-11-16)7-4-9-14(13)15/h5,7-8,10H,2-4,6,9,11H2,1H3. The Labute approximate surface area is 108 Å². The molecule has 17 heavy (non-hydrogen) atoms. The van der Waals surface area contributed by atoms with Crippen LogP contribution in [0.4, 0.5) is 0 Å². The van der Waals surface area contributed by atoms with Crippen LogP contribution in [0.2, 0.25) is 0 Å². The van der Waals surface area contributed by atoms with E-state index in [0.717, 1.165) is 37.3 Å². The smallest absolute Gasteiger partial charge is 0.122 e. The molecule has 0 atom stereocenters. The molecule has 2 heteroatoms. The number of benzene rings is 1. The topological polar surface area (TPSA) is 9.23 Å². The van der Waals surface area contributed by atoms with Crippen LogP contribution in [0.1, 0.15) is 36.8 Å². The predicted molar refractivity (Wildman–Crippen MR) is 73.9 cm³/mol. The fraction of sp³-hybridized carbons (Fsp3) is 0.467. The van der Waals surface area contributed by atoms with Gasteiger partial charge < -0.3 is 4.74 Å². The molecule has 0 aromatic heterocycles. The maximum Gasteiger partial charge on any atom is 0.122 e. The van der Waals surface area contributed by atoms with Crippen LogP contribution in [0.3, 0.4) is 0 Å². The average Bonchev–Trinajstić information content (AvgIpc) is 2.38. The molecule has 92 valence electrons. The Hall–Kier alpha value is -0.950. The molecule has 0 saturated carbocycles. The molecule has 0 saturated heterocycles. The first-order chi connectivity index (χ1) is 8.36. The van der Waals surface area contributed by atoms with Crippen molar-refractivity contribution in [2.24, 2.45) is 0 Å². The summed E-state index contributed by atoms with van der Waals surface area (Å²) in [6, 6.07) is 6.35. The van der Waals surface area contributed by atoms with Gasteiger partial charge in [-0.25, -0.2) is 0 Å². The third kappa shape index (κ3) is 2.84. The van der Waals surface area contributed by atoms with Gasteiger partial charge in [-0.3, -0.25) is 0 Å². The number of allylic oxidation sites excluding steroid dienone is 2. The van der Waals surface area contributed by atoms with Gasteiger partial charge in [0.1, 0.15) is 5.75 Å². The Kier molecular flexibility index (Phi) is 4.49. The van der Waals surface area contributed by atoms with Gasteiger partial charge in [0.15, 0.2) is 0 Å². The van der Waals surface area contributed by atoms with Crippen molar-refractivity contribution in [2.75, 3.05) is 13.0 Å². The summed E-state index contributed by atoms with van der Waals surface area (Å²) in [6.07, 6.45) is 8.00. The van der Waals surface area contributed by atoms with Crippen molar-refractivity contribution in [1.82, 2.24) is 0 Å². The van der Waals surface area contributed by atoms with Crippen LogP contribution in [0.5, 0.6) is 5.75 Å². The highest BCUT2D eigenvalue weighted by atomic mass is 35.5. The van der Waals surface area contributed by atoms with E-state index in [0.29, 0.717) is 0 Å². The molecule has 1 nitrogen and oxygen atoms in total. The Morgan fingerprint density at radius 2 is 2.18 bits per heavy atom. The van der Waals surface area contributed by atoms with Crippen LogP contribution in [0.15, 0.2) is 24.3 Å². The van der Waals surface area contributed by atoms with Crippen LogP contribution < -0.4 is 4.74 Å². The lowest BCUT2D eigenvalue weighted by atomic mass is 9.87. The molecular weight excluding hydrogens is 232 g/mol. The van der Waals surface area contributed by atoms with Crippen LogP contribution in [-0.4, -0.2) is 13.0 Å². The first-order valence-corrected chi connectivity index (χ1v) is 6.81. The van der Waals surface area contributed by atoms with E-state index in [9.17, 15) is 0 Å². The molecule has 0 fully saturated rings. The number of fused-ring (bicyclic) bond motifs is 1. The fourth-order valence-electron chi connectivity index (χ4n) is 2.46. The number of halogens is 1. The third-order valence-electron chi connectivity index (χ3n) is 3.31. The summed E-state index contributed by atoms with van der Waals surface area (Å²) >= 11 is 5.73. The molecule has 1 aromatic carbocycles. The van der Waals surface area contributed by atoms with Crippen molar-refractivity contribution in [2.45, 2.75) is 32.1 Å². The number of methoxy groups -OCH3 is 1. The van der Waals surface area contributed by atoms with Gasteiger partial charge in [-0.1, -0.05) is 18.2 Å². The zero-order chi connectivity index (χ0) is 12.1. The molecule has 2 rings (SSSR count). The van der Waals surface area contributed by atoms with E-state index in [1.807, 2.05) is 0 Å². The molecule has 1 aliphatic rings. The largest absolute Gasteiger partial charge is 0.496 e. The average molecular weight is 251 g/mol. The lowest BCUT2D eigenvalue weighted by molar-refractivity contribution is 0.409. The third-order valence-corrected chi connectivity index (χ3v) is 3.58. The number of hydrogen-bond donors (Lipinski definition) is 0. The van der Waals surface area contributed by atoms with Crippen LogP contribution >= 0.6 is 11.6 Å². The lowest BCUT2D eigenvalue weighted by Crippen LogP contribution is -2.02. The maximum atomic E-state index is 5.73. The number of ether oxygens (including phenoxy) is 1. The van der Waals surface area contributed by atoms with Gasteiger partial charge in [0.2, 0.25) is 0 Å². The number of alkyl halides is 1. The van der Waals surface area contributed by atoms with E-state index in [-0.39, 0.29) is 0 Å². The second kappa shape index (κ2) is 6.11. The molecule has 1 aromatic rings. The molecule has 1 aliphatic carbocycles. The highest BCUT2D eigenvalue weighted by molar-refractivity contribution is 6.17. The van der Waals surface area contributed by atoms with Crippen LogP contribution in [0, 0.1) is 0 Å². The molecule has 0 unspecified atom stereocenters. The molecule has 0 radical (unpaired) electrons. The Bertz CT molecular complexity index is 409. The molecular formula is C15H19ClO. The van der Waals surface area contributed by atoms with Crippen molar-refractivity contribution in [3.05, 3.63) is 35.4 Å².